The zero-order chi connectivity index (χ0) is 10.7. The summed E-state index contributed by atoms with van der Waals surface area (Å²) in [5, 5.41) is 8.62. The molecule has 0 N–H and O–H groups in total. The maximum absolute atomic E-state index is 12.5. The van der Waals surface area contributed by atoms with Crippen molar-refractivity contribution in [3.05, 3.63) is 28.0 Å². The molecule has 2 nitrogen and oxygen atoms in total. The van der Waals surface area contributed by atoms with Gasteiger partial charge in [-0.3, -0.25) is 4.98 Å². The highest BCUT2D eigenvalue weighted by atomic mass is 35.5. The second-order valence-electron chi connectivity index (χ2n) is 2.73. The lowest BCUT2D eigenvalue weighted by atomic mass is 10.1. The Hall–Kier alpha value is -1.21. The molecule has 0 amide bonds. The summed E-state index contributed by atoms with van der Waals surface area (Å²) in [6.45, 7) is 1.61. The first-order valence-electron chi connectivity index (χ1n) is 3.87. The summed E-state index contributed by atoms with van der Waals surface area (Å²) in [5.41, 5.74) is 0.375. The molecule has 0 saturated carbocycles. The molecule has 0 spiro atoms. The lowest BCUT2D eigenvalue weighted by molar-refractivity contribution is 0.150. The number of rotatable bonds is 2. The quantitative estimate of drug-likeness (QED) is 0.762. The molecule has 0 atom stereocenters. The summed E-state index contributed by atoms with van der Waals surface area (Å²) in [7, 11) is 0. The topological polar surface area (TPSA) is 36.7 Å². The van der Waals surface area contributed by atoms with Gasteiger partial charge < -0.3 is 0 Å². The van der Waals surface area contributed by atoms with E-state index in [0.29, 0.717) is 5.69 Å². The van der Waals surface area contributed by atoms with Crippen molar-refractivity contribution in [2.24, 2.45) is 0 Å². The van der Waals surface area contributed by atoms with E-state index in [0.717, 1.165) is 6.20 Å². The molecular formula is C9H7ClF2N2. The van der Waals surface area contributed by atoms with E-state index in [4.69, 9.17) is 16.9 Å². The van der Waals surface area contributed by atoms with E-state index in [1.54, 1.807) is 13.0 Å². The first-order valence-corrected chi connectivity index (χ1v) is 4.24. The number of pyridine rings is 1. The highest BCUT2D eigenvalue weighted by molar-refractivity contribution is 6.32. The number of halogens is 3. The molecular weight excluding hydrogens is 210 g/mol. The molecule has 0 aromatic carbocycles. The first kappa shape index (κ1) is 10.9. The third-order valence-corrected chi connectivity index (χ3v) is 2.32. The number of alkyl halides is 2. The SMILES string of the molecule is Cc1ncc(C(F)F)c(CC#N)c1Cl. The Morgan fingerprint density at radius 1 is 1.64 bits per heavy atom. The maximum atomic E-state index is 12.5. The smallest absolute Gasteiger partial charge is 0.260 e. The lowest BCUT2D eigenvalue weighted by Crippen LogP contribution is -1.99. The summed E-state index contributed by atoms with van der Waals surface area (Å²) in [5.74, 6) is 0. The fourth-order valence-corrected chi connectivity index (χ4v) is 1.32. The van der Waals surface area contributed by atoms with Crippen molar-refractivity contribution >= 4 is 11.6 Å². The number of aromatic nitrogens is 1. The standard InChI is InChI=1S/C9H7ClF2N2/c1-5-8(10)6(2-3-13)7(4-14-5)9(11)12/h4,9H,2H2,1H3. The molecule has 0 unspecified atom stereocenters. The van der Waals surface area contributed by atoms with Crippen molar-refractivity contribution in [1.82, 2.24) is 4.98 Å². The van der Waals surface area contributed by atoms with Gasteiger partial charge in [-0.1, -0.05) is 11.6 Å². The minimum Gasteiger partial charge on any atom is -0.260 e. The summed E-state index contributed by atoms with van der Waals surface area (Å²) in [6.07, 6.45) is -1.70. The van der Waals surface area contributed by atoms with Crippen molar-refractivity contribution in [3.63, 3.8) is 0 Å². The third kappa shape index (κ3) is 1.99. The lowest BCUT2D eigenvalue weighted by Gasteiger charge is -2.08. The van der Waals surface area contributed by atoms with Crippen molar-refractivity contribution < 1.29 is 8.78 Å². The van der Waals surface area contributed by atoms with Gasteiger partial charge in [-0.15, -0.1) is 0 Å². The molecule has 1 rings (SSSR count). The predicted molar refractivity (Wildman–Crippen MR) is 48.3 cm³/mol. The molecule has 0 fully saturated rings. The summed E-state index contributed by atoms with van der Waals surface area (Å²) < 4.78 is 24.9. The van der Waals surface area contributed by atoms with Crippen molar-refractivity contribution in [3.8, 4) is 6.07 Å². The van der Waals surface area contributed by atoms with Crippen LogP contribution in [0.4, 0.5) is 8.78 Å². The molecule has 1 aromatic heterocycles. The second kappa shape index (κ2) is 4.34. The maximum Gasteiger partial charge on any atom is 0.265 e. The van der Waals surface area contributed by atoms with Gasteiger partial charge in [0.2, 0.25) is 0 Å². The fourth-order valence-electron chi connectivity index (χ4n) is 1.09. The molecule has 5 heteroatoms. The Balaban J connectivity index is 3.31. The van der Waals surface area contributed by atoms with Crippen LogP contribution in [0.15, 0.2) is 6.20 Å². The summed E-state index contributed by atoms with van der Waals surface area (Å²) in [4.78, 5) is 3.72. The van der Waals surface area contributed by atoms with Gasteiger partial charge in [0, 0.05) is 11.8 Å². The molecule has 1 aromatic rings. The van der Waals surface area contributed by atoms with Crippen LogP contribution in [0.2, 0.25) is 5.02 Å². The van der Waals surface area contributed by atoms with Crippen LogP contribution in [-0.2, 0) is 6.42 Å². The molecule has 74 valence electrons. The van der Waals surface area contributed by atoms with E-state index in [1.807, 2.05) is 0 Å². The van der Waals surface area contributed by atoms with Gasteiger partial charge in [-0.2, -0.15) is 5.26 Å². The van der Waals surface area contributed by atoms with Crippen molar-refractivity contribution in [1.29, 1.82) is 5.26 Å². The Morgan fingerprint density at radius 3 is 2.79 bits per heavy atom. The van der Waals surface area contributed by atoms with Gasteiger partial charge in [-0.05, 0) is 12.5 Å². The van der Waals surface area contributed by atoms with Crippen molar-refractivity contribution in [2.45, 2.75) is 19.8 Å². The van der Waals surface area contributed by atoms with E-state index < -0.39 is 6.43 Å². The zero-order valence-electron chi connectivity index (χ0n) is 7.39. The van der Waals surface area contributed by atoms with Crippen molar-refractivity contribution in [2.75, 3.05) is 0 Å². The van der Waals surface area contributed by atoms with Crippen LogP contribution in [-0.4, -0.2) is 4.98 Å². The van der Waals surface area contributed by atoms with Crippen LogP contribution in [0.1, 0.15) is 23.2 Å². The Morgan fingerprint density at radius 2 is 2.29 bits per heavy atom. The highest BCUT2D eigenvalue weighted by Crippen LogP contribution is 2.29. The molecule has 0 aliphatic rings. The molecule has 14 heavy (non-hydrogen) atoms. The summed E-state index contributed by atoms with van der Waals surface area (Å²) in [6, 6.07) is 1.80. The molecule has 0 aliphatic carbocycles. The van der Waals surface area contributed by atoms with Gasteiger partial charge in [-0.25, -0.2) is 8.78 Å². The monoisotopic (exact) mass is 216 g/mol. The number of hydrogen-bond donors (Lipinski definition) is 0. The van der Waals surface area contributed by atoms with Gasteiger partial charge in [0.15, 0.2) is 0 Å². The average Bonchev–Trinajstić information content (AvgIpc) is 2.13. The normalized spacial score (nSPS) is 10.3. The number of nitriles is 1. The van der Waals surface area contributed by atoms with Crippen LogP contribution in [0, 0.1) is 18.3 Å². The van der Waals surface area contributed by atoms with Crippen LogP contribution in [0.3, 0.4) is 0 Å². The predicted octanol–water partition coefficient (Wildman–Crippen LogP) is 3.05. The Labute approximate surface area is 85.1 Å². The van der Waals surface area contributed by atoms with Crippen LogP contribution < -0.4 is 0 Å². The van der Waals surface area contributed by atoms with E-state index in [-0.39, 0.29) is 22.6 Å². The molecule has 0 aliphatic heterocycles. The minimum absolute atomic E-state index is 0.123. The van der Waals surface area contributed by atoms with Gasteiger partial charge >= 0.3 is 0 Å². The van der Waals surface area contributed by atoms with E-state index in [2.05, 4.69) is 4.98 Å². The van der Waals surface area contributed by atoms with E-state index in [9.17, 15) is 8.78 Å². The number of aryl methyl sites for hydroxylation is 1. The Kier molecular flexibility index (Phi) is 3.37. The highest BCUT2D eigenvalue weighted by Gasteiger charge is 2.17. The average molecular weight is 217 g/mol. The fraction of sp³-hybridized carbons (Fsp3) is 0.333. The minimum atomic E-state index is -2.65. The van der Waals surface area contributed by atoms with E-state index in [1.165, 1.54) is 0 Å². The van der Waals surface area contributed by atoms with Crippen LogP contribution in [0.25, 0.3) is 0 Å². The Bertz CT molecular complexity index is 385. The molecule has 0 radical (unpaired) electrons. The number of hydrogen-bond acceptors (Lipinski definition) is 2. The van der Waals surface area contributed by atoms with Gasteiger partial charge in [0.05, 0.1) is 23.2 Å². The summed E-state index contributed by atoms with van der Waals surface area (Å²) >= 11 is 5.77. The molecule has 1 heterocycles. The van der Waals surface area contributed by atoms with E-state index >= 15 is 0 Å². The second-order valence-corrected chi connectivity index (χ2v) is 3.11. The largest absolute Gasteiger partial charge is 0.265 e. The molecule has 0 saturated heterocycles. The zero-order valence-corrected chi connectivity index (χ0v) is 8.15. The number of nitrogens with zero attached hydrogens (tertiary/aromatic N) is 2. The first-order chi connectivity index (χ1) is 6.57. The van der Waals surface area contributed by atoms with Gasteiger partial charge in [0.25, 0.3) is 6.43 Å². The van der Waals surface area contributed by atoms with Crippen LogP contribution in [0.5, 0.6) is 0 Å². The van der Waals surface area contributed by atoms with Crippen LogP contribution >= 0.6 is 11.6 Å². The molecule has 0 bridgehead atoms. The third-order valence-electron chi connectivity index (χ3n) is 1.82. The van der Waals surface area contributed by atoms with Gasteiger partial charge in [0.1, 0.15) is 0 Å².